The van der Waals surface area contributed by atoms with E-state index < -0.39 is 0 Å². The summed E-state index contributed by atoms with van der Waals surface area (Å²) >= 11 is 0. The van der Waals surface area contributed by atoms with Crippen molar-refractivity contribution in [2.24, 2.45) is 0 Å². The Morgan fingerprint density at radius 1 is 1.12 bits per heavy atom. The molecular weight excluding hydrogens is 312 g/mol. The van der Waals surface area contributed by atoms with Gasteiger partial charge in [0.15, 0.2) is 11.5 Å². The molecule has 25 heavy (non-hydrogen) atoms. The molecule has 3 rings (SSSR count). The van der Waals surface area contributed by atoms with Crippen molar-refractivity contribution in [1.82, 2.24) is 4.98 Å². The lowest BCUT2D eigenvalue weighted by atomic mass is 10.1. The standard InChI is InChI=1S/C21H24N2O2/c1-4-5-6-20(24)22-17-9-7-16(8-10-17)13-21-23-18-11-14(2)15(3)12-19(18)25-21/h7-12H,4-6,13H2,1-3H3,(H,22,24). The zero-order valence-corrected chi connectivity index (χ0v) is 15.1. The molecule has 0 aliphatic heterocycles. The molecule has 2 aromatic carbocycles. The van der Waals surface area contributed by atoms with Crippen LogP contribution in [0.25, 0.3) is 11.1 Å². The molecule has 0 atom stereocenters. The van der Waals surface area contributed by atoms with Gasteiger partial charge in [-0.15, -0.1) is 0 Å². The van der Waals surface area contributed by atoms with Crippen LogP contribution in [0.15, 0.2) is 40.8 Å². The van der Waals surface area contributed by atoms with Gasteiger partial charge in [-0.05, 0) is 61.2 Å². The lowest BCUT2D eigenvalue weighted by molar-refractivity contribution is -0.116. The molecule has 3 aromatic rings. The van der Waals surface area contributed by atoms with Crippen molar-refractivity contribution >= 4 is 22.7 Å². The second-order valence-electron chi connectivity index (χ2n) is 6.54. The van der Waals surface area contributed by atoms with Crippen LogP contribution in [0.2, 0.25) is 0 Å². The molecule has 0 spiro atoms. The number of carbonyl (C=O) groups excluding carboxylic acids is 1. The first-order chi connectivity index (χ1) is 12.0. The number of anilines is 1. The topological polar surface area (TPSA) is 55.1 Å². The molecule has 130 valence electrons. The van der Waals surface area contributed by atoms with E-state index in [-0.39, 0.29) is 5.91 Å². The van der Waals surface area contributed by atoms with Gasteiger partial charge in [0.2, 0.25) is 5.91 Å². The van der Waals surface area contributed by atoms with Crippen molar-refractivity contribution in [3.63, 3.8) is 0 Å². The number of fused-ring (bicyclic) bond motifs is 1. The first kappa shape index (κ1) is 17.2. The lowest BCUT2D eigenvalue weighted by Gasteiger charge is -2.05. The number of nitrogens with one attached hydrogen (secondary N) is 1. The third-order valence-corrected chi connectivity index (χ3v) is 4.40. The molecule has 0 fully saturated rings. The number of oxazole rings is 1. The summed E-state index contributed by atoms with van der Waals surface area (Å²) in [5.41, 5.74) is 6.09. The third-order valence-electron chi connectivity index (χ3n) is 4.40. The highest BCUT2D eigenvalue weighted by atomic mass is 16.3. The van der Waals surface area contributed by atoms with Crippen molar-refractivity contribution in [3.05, 3.63) is 59.0 Å². The number of hydrogen-bond acceptors (Lipinski definition) is 3. The molecule has 0 bridgehead atoms. The maximum atomic E-state index is 11.8. The van der Waals surface area contributed by atoms with E-state index >= 15 is 0 Å². The summed E-state index contributed by atoms with van der Waals surface area (Å²) in [5, 5.41) is 2.92. The number of amides is 1. The Bertz CT molecular complexity index is 840. The average Bonchev–Trinajstić information content (AvgIpc) is 2.96. The van der Waals surface area contributed by atoms with E-state index in [0.29, 0.717) is 18.7 Å². The summed E-state index contributed by atoms with van der Waals surface area (Å²) in [4.78, 5) is 16.3. The Kier molecular flexibility index (Phi) is 5.17. The Morgan fingerprint density at radius 2 is 1.84 bits per heavy atom. The summed E-state index contributed by atoms with van der Waals surface area (Å²) in [6.07, 6.45) is 3.15. The smallest absolute Gasteiger partial charge is 0.224 e. The minimum absolute atomic E-state index is 0.0688. The largest absolute Gasteiger partial charge is 0.440 e. The Hall–Kier alpha value is -2.62. The molecule has 0 aliphatic rings. The first-order valence-corrected chi connectivity index (χ1v) is 8.80. The van der Waals surface area contributed by atoms with Crippen LogP contribution in [0.1, 0.15) is 48.8 Å². The van der Waals surface area contributed by atoms with Crippen molar-refractivity contribution in [1.29, 1.82) is 0 Å². The highest BCUT2D eigenvalue weighted by molar-refractivity contribution is 5.90. The van der Waals surface area contributed by atoms with Crippen molar-refractivity contribution < 1.29 is 9.21 Å². The molecule has 0 unspecified atom stereocenters. The zero-order valence-electron chi connectivity index (χ0n) is 15.1. The highest BCUT2D eigenvalue weighted by Crippen LogP contribution is 2.22. The van der Waals surface area contributed by atoms with E-state index in [0.717, 1.165) is 35.2 Å². The van der Waals surface area contributed by atoms with E-state index in [9.17, 15) is 4.79 Å². The Balaban J connectivity index is 1.68. The Morgan fingerprint density at radius 3 is 2.56 bits per heavy atom. The summed E-state index contributed by atoms with van der Waals surface area (Å²) < 4.78 is 5.87. The predicted octanol–water partition coefficient (Wildman–Crippen LogP) is 5.16. The average molecular weight is 336 g/mol. The monoisotopic (exact) mass is 336 g/mol. The van der Waals surface area contributed by atoms with Crippen LogP contribution in [0, 0.1) is 13.8 Å². The van der Waals surface area contributed by atoms with E-state index in [2.05, 4.69) is 37.1 Å². The molecule has 1 aromatic heterocycles. The summed E-state index contributed by atoms with van der Waals surface area (Å²) in [6, 6.07) is 12.0. The number of benzene rings is 2. The van der Waals surface area contributed by atoms with Crippen molar-refractivity contribution in [3.8, 4) is 0 Å². The van der Waals surface area contributed by atoms with Crippen LogP contribution in [0.3, 0.4) is 0 Å². The van der Waals surface area contributed by atoms with Gasteiger partial charge in [0, 0.05) is 18.5 Å². The fraction of sp³-hybridized carbons (Fsp3) is 0.333. The fourth-order valence-corrected chi connectivity index (χ4v) is 2.74. The lowest BCUT2D eigenvalue weighted by Crippen LogP contribution is -2.10. The zero-order chi connectivity index (χ0) is 17.8. The van der Waals surface area contributed by atoms with Crippen molar-refractivity contribution in [2.75, 3.05) is 5.32 Å². The number of unbranched alkanes of at least 4 members (excludes halogenated alkanes) is 1. The van der Waals surface area contributed by atoms with Gasteiger partial charge in [-0.25, -0.2) is 4.98 Å². The molecular formula is C21H24N2O2. The summed E-state index contributed by atoms with van der Waals surface area (Å²) in [7, 11) is 0. The van der Waals surface area contributed by atoms with Crippen LogP contribution in [-0.2, 0) is 11.2 Å². The molecule has 0 saturated carbocycles. The van der Waals surface area contributed by atoms with Gasteiger partial charge in [-0.1, -0.05) is 25.5 Å². The van der Waals surface area contributed by atoms with Crippen LogP contribution in [0.4, 0.5) is 5.69 Å². The normalized spacial score (nSPS) is 11.0. The van der Waals surface area contributed by atoms with Crippen LogP contribution >= 0.6 is 0 Å². The summed E-state index contributed by atoms with van der Waals surface area (Å²) in [6.45, 7) is 6.23. The number of rotatable bonds is 6. The maximum absolute atomic E-state index is 11.8. The van der Waals surface area contributed by atoms with Gasteiger partial charge in [0.25, 0.3) is 0 Å². The van der Waals surface area contributed by atoms with Crippen molar-refractivity contribution in [2.45, 2.75) is 46.5 Å². The number of aromatic nitrogens is 1. The third kappa shape index (κ3) is 4.27. The quantitative estimate of drug-likeness (QED) is 0.676. The number of aryl methyl sites for hydroxylation is 2. The predicted molar refractivity (Wildman–Crippen MR) is 101 cm³/mol. The number of carbonyl (C=O) groups is 1. The molecule has 0 aliphatic carbocycles. The van der Waals surface area contributed by atoms with Gasteiger partial charge >= 0.3 is 0 Å². The molecule has 0 radical (unpaired) electrons. The Labute approximate surface area is 148 Å². The van der Waals surface area contributed by atoms with Gasteiger partial charge in [0.05, 0.1) is 0 Å². The highest BCUT2D eigenvalue weighted by Gasteiger charge is 2.09. The SMILES string of the molecule is CCCCC(=O)Nc1ccc(Cc2nc3cc(C)c(C)cc3o2)cc1. The molecule has 1 amide bonds. The van der Waals surface area contributed by atoms with Crippen LogP contribution in [-0.4, -0.2) is 10.9 Å². The van der Waals surface area contributed by atoms with Gasteiger partial charge < -0.3 is 9.73 Å². The fourth-order valence-electron chi connectivity index (χ4n) is 2.74. The van der Waals surface area contributed by atoms with Crippen LogP contribution in [0.5, 0.6) is 0 Å². The first-order valence-electron chi connectivity index (χ1n) is 8.80. The molecule has 1 N–H and O–H groups in total. The number of nitrogens with zero attached hydrogens (tertiary/aromatic N) is 1. The van der Waals surface area contributed by atoms with Crippen LogP contribution < -0.4 is 5.32 Å². The summed E-state index contributed by atoms with van der Waals surface area (Å²) in [5.74, 6) is 0.777. The molecule has 1 heterocycles. The second kappa shape index (κ2) is 7.51. The maximum Gasteiger partial charge on any atom is 0.224 e. The minimum Gasteiger partial charge on any atom is -0.440 e. The van der Waals surface area contributed by atoms with Gasteiger partial charge in [-0.3, -0.25) is 4.79 Å². The van der Waals surface area contributed by atoms with E-state index in [1.165, 1.54) is 11.1 Å². The van der Waals surface area contributed by atoms with E-state index in [1.807, 2.05) is 30.3 Å². The van der Waals surface area contributed by atoms with Gasteiger partial charge in [-0.2, -0.15) is 0 Å². The van der Waals surface area contributed by atoms with E-state index in [4.69, 9.17) is 4.42 Å². The minimum atomic E-state index is 0.0688. The molecule has 0 saturated heterocycles. The second-order valence-corrected chi connectivity index (χ2v) is 6.54. The number of hydrogen-bond donors (Lipinski definition) is 1. The molecule has 4 heteroatoms. The van der Waals surface area contributed by atoms with E-state index in [1.54, 1.807) is 0 Å². The van der Waals surface area contributed by atoms with Gasteiger partial charge in [0.1, 0.15) is 5.52 Å². The molecule has 4 nitrogen and oxygen atoms in total.